The van der Waals surface area contributed by atoms with E-state index in [9.17, 15) is 17.6 Å². The molecule has 4 aromatic rings. The van der Waals surface area contributed by atoms with Gasteiger partial charge in [0, 0.05) is 31.4 Å². The predicted octanol–water partition coefficient (Wildman–Crippen LogP) is 4.23. The largest absolute Gasteiger partial charge is 0.321 e. The van der Waals surface area contributed by atoms with Gasteiger partial charge in [0.25, 0.3) is 5.91 Å². The van der Waals surface area contributed by atoms with E-state index in [-0.39, 0.29) is 23.2 Å². The molecular formula is C26H23FN4O3S. The van der Waals surface area contributed by atoms with Gasteiger partial charge in [-0.3, -0.25) is 9.48 Å². The fraction of sp³-hybridized carbons (Fsp3) is 0.154. The van der Waals surface area contributed by atoms with Crippen LogP contribution in [0.4, 0.5) is 10.1 Å². The number of amides is 1. The van der Waals surface area contributed by atoms with Gasteiger partial charge in [-0.05, 0) is 72.1 Å². The number of carbonyl (C=O) groups excluding carboxylic acids is 1. The average Bonchev–Trinajstić information content (AvgIpc) is 3.26. The first kappa shape index (κ1) is 22.9. The molecule has 0 bridgehead atoms. The highest BCUT2D eigenvalue weighted by Gasteiger charge is 2.28. The molecule has 1 aliphatic heterocycles. The van der Waals surface area contributed by atoms with Crippen LogP contribution in [0.5, 0.6) is 0 Å². The number of carbonyl (C=O) groups is 1. The number of sulfonamides is 1. The summed E-state index contributed by atoms with van der Waals surface area (Å²) < 4.78 is 42.3. The number of nitrogens with one attached hydrogen (secondary N) is 1. The Morgan fingerprint density at radius 2 is 1.71 bits per heavy atom. The standard InChI is InChI=1S/C26H23FN4O3S/c1-30-25(16-24(29-30)19-7-10-21(27)11-8-19)26(32)28-22-12-9-18-13-14-31(17-20(18)15-22)35(33,34)23-5-3-2-4-6-23/h2-12,15-16H,13-14,17H2,1H3,(H,28,32). The zero-order valence-corrected chi connectivity index (χ0v) is 19.8. The van der Waals surface area contributed by atoms with Crippen LogP contribution in [0.3, 0.4) is 0 Å². The van der Waals surface area contributed by atoms with Crippen molar-refractivity contribution in [2.24, 2.45) is 7.05 Å². The van der Waals surface area contributed by atoms with Gasteiger partial charge in [-0.2, -0.15) is 9.40 Å². The van der Waals surface area contributed by atoms with Crippen LogP contribution in [0.1, 0.15) is 21.6 Å². The highest BCUT2D eigenvalue weighted by molar-refractivity contribution is 7.89. The molecule has 0 fully saturated rings. The molecule has 1 amide bonds. The van der Waals surface area contributed by atoms with Crippen molar-refractivity contribution in [1.29, 1.82) is 0 Å². The Bertz CT molecular complexity index is 1500. The zero-order valence-electron chi connectivity index (χ0n) is 19.0. The molecule has 1 aliphatic rings. The van der Waals surface area contributed by atoms with E-state index in [0.29, 0.717) is 35.6 Å². The first-order chi connectivity index (χ1) is 16.8. The van der Waals surface area contributed by atoms with Crippen LogP contribution in [-0.4, -0.2) is 35.0 Å². The molecule has 1 aromatic heterocycles. The fourth-order valence-electron chi connectivity index (χ4n) is 4.19. The molecule has 0 unspecified atom stereocenters. The summed E-state index contributed by atoms with van der Waals surface area (Å²) in [6.07, 6.45) is 0.596. The lowest BCUT2D eigenvalue weighted by atomic mass is 10.0. The third-order valence-corrected chi connectivity index (χ3v) is 7.93. The lowest BCUT2D eigenvalue weighted by Gasteiger charge is -2.28. The maximum atomic E-state index is 13.2. The summed E-state index contributed by atoms with van der Waals surface area (Å²) >= 11 is 0. The molecule has 0 atom stereocenters. The Hall–Kier alpha value is -3.82. The number of benzene rings is 3. The van der Waals surface area contributed by atoms with E-state index in [4.69, 9.17) is 0 Å². The van der Waals surface area contributed by atoms with E-state index >= 15 is 0 Å². The number of nitrogens with zero attached hydrogens (tertiary/aromatic N) is 3. The van der Waals surface area contributed by atoms with Gasteiger partial charge < -0.3 is 5.32 Å². The molecule has 178 valence electrons. The van der Waals surface area contributed by atoms with Crippen molar-refractivity contribution in [2.75, 3.05) is 11.9 Å². The number of aryl methyl sites for hydroxylation is 1. The third kappa shape index (κ3) is 4.60. The van der Waals surface area contributed by atoms with Gasteiger partial charge in [-0.25, -0.2) is 12.8 Å². The average molecular weight is 491 g/mol. The van der Waals surface area contributed by atoms with Crippen LogP contribution in [0.15, 0.2) is 83.8 Å². The van der Waals surface area contributed by atoms with Crippen molar-refractivity contribution >= 4 is 21.6 Å². The van der Waals surface area contributed by atoms with E-state index in [0.717, 1.165) is 11.1 Å². The molecule has 0 spiro atoms. The minimum absolute atomic E-state index is 0.233. The number of fused-ring (bicyclic) bond motifs is 1. The molecule has 0 saturated heterocycles. The van der Waals surface area contributed by atoms with E-state index in [1.165, 1.54) is 21.1 Å². The lowest BCUT2D eigenvalue weighted by molar-refractivity contribution is 0.101. The van der Waals surface area contributed by atoms with E-state index in [1.807, 2.05) is 18.2 Å². The van der Waals surface area contributed by atoms with Gasteiger partial charge >= 0.3 is 0 Å². The van der Waals surface area contributed by atoms with Gasteiger partial charge in [0.1, 0.15) is 11.5 Å². The summed E-state index contributed by atoms with van der Waals surface area (Å²) in [5.41, 5.74) is 4.08. The van der Waals surface area contributed by atoms with Crippen molar-refractivity contribution in [3.63, 3.8) is 0 Å². The molecule has 0 aliphatic carbocycles. The van der Waals surface area contributed by atoms with Crippen molar-refractivity contribution in [2.45, 2.75) is 17.9 Å². The molecule has 0 saturated carbocycles. The van der Waals surface area contributed by atoms with Crippen LogP contribution in [0.2, 0.25) is 0 Å². The van der Waals surface area contributed by atoms with Gasteiger partial charge in [0.15, 0.2) is 0 Å². The smallest absolute Gasteiger partial charge is 0.273 e. The minimum atomic E-state index is -3.60. The Kier molecular flexibility index (Phi) is 5.96. The minimum Gasteiger partial charge on any atom is -0.321 e. The molecule has 7 nitrogen and oxygen atoms in total. The van der Waals surface area contributed by atoms with Gasteiger partial charge in [-0.1, -0.05) is 24.3 Å². The second-order valence-corrected chi connectivity index (χ2v) is 10.3. The lowest BCUT2D eigenvalue weighted by Crippen LogP contribution is -2.36. The Morgan fingerprint density at radius 1 is 0.971 bits per heavy atom. The van der Waals surface area contributed by atoms with Crippen LogP contribution < -0.4 is 5.32 Å². The van der Waals surface area contributed by atoms with Crippen molar-refractivity contribution in [1.82, 2.24) is 14.1 Å². The Balaban J connectivity index is 1.35. The topological polar surface area (TPSA) is 84.3 Å². The maximum absolute atomic E-state index is 13.2. The second-order valence-electron chi connectivity index (χ2n) is 8.38. The van der Waals surface area contributed by atoms with Crippen LogP contribution in [0.25, 0.3) is 11.3 Å². The second kappa shape index (κ2) is 9.09. The zero-order chi connectivity index (χ0) is 24.6. The van der Waals surface area contributed by atoms with Gasteiger partial charge in [-0.15, -0.1) is 0 Å². The molecule has 2 heterocycles. The quantitative estimate of drug-likeness (QED) is 0.454. The van der Waals surface area contributed by atoms with Crippen molar-refractivity contribution < 1.29 is 17.6 Å². The van der Waals surface area contributed by atoms with E-state index < -0.39 is 10.0 Å². The Labute approximate surface area is 202 Å². The number of aromatic nitrogens is 2. The first-order valence-corrected chi connectivity index (χ1v) is 12.5. The first-order valence-electron chi connectivity index (χ1n) is 11.1. The van der Waals surface area contributed by atoms with E-state index in [2.05, 4.69) is 10.4 Å². The monoisotopic (exact) mass is 490 g/mol. The van der Waals surface area contributed by atoms with Crippen LogP contribution >= 0.6 is 0 Å². The normalized spacial score (nSPS) is 13.9. The molecule has 1 N–H and O–H groups in total. The summed E-state index contributed by atoms with van der Waals surface area (Å²) in [5.74, 6) is -0.692. The number of hydrogen-bond acceptors (Lipinski definition) is 4. The van der Waals surface area contributed by atoms with Crippen LogP contribution in [0, 0.1) is 5.82 Å². The third-order valence-electron chi connectivity index (χ3n) is 6.07. The molecular weight excluding hydrogens is 467 g/mol. The van der Waals surface area contributed by atoms with Gasteiger partial charge in [0.2, 0.25) is 10.0 Å². The molecule has 3 aromatic carbocycles. The summed E-state index contributed by atoms with van der Waals surface area (Å²) in [6.45, 7) is 0.633. The Morgan fingerprint density at radius 3 is 2.46 bits per heavy atom. The van der Waals surface area contributed by atoms with Crippen LogP contribution in [-0.2, 0) is 30.0 Å². The van der Waals surface area contributed by atoms with Crippen molar-refractivity contribution in [3.05, 3.63) is 102 Å². The summed E-state index contributed by atoms with van der Waals surface area (Å²) in [7, 11) is -1.94. The molecule has 5 rings (SSSR count). The molecule has 0 radical (unpaired) electrons. The van der Waals surface area contributed by atoms with Gasteiger partial charge in [0.05, 0.1) is 10.6 Å². The summed E-state index contributed by atoms with van der Waals surface area (Å²) in [6, 6.07) is 21.5. The summed E-state index contributed by atoms with van der Waals surface area (Å²) in [5, 5.41) is 7.25. The fourth-order valence-corrected chi connectivity index (χ4v) is 5.63. The number of anilines is 1. The van der Waals surface area contributed by atoms with E-state index in [1.54, 1.807) is 55.6 Å². The molecule has 35 heavy (non-hydrogen) atoms. The predicted molar refractivity (Wildman–Crippen MR) is 131 cm³/mol. The number of hydrogen-bond donors (Lipinski definition) is 1. The SMILES string of the molecule is Cn1nc(-c2ccc(F)cc2)cc1C(=O)Nc1ccc2c(c1)CN(S(=O)(=O)c1ccccc1)CC2. The van der Waals surface area contributed by atoms with Crippen molar-refractivity contribution in [3.8, 4) is 11.3 Å². The summed E-state index contributed by atoms with van der Waals surface area (Å²) in [4.78, 5) is 13.2. The maximum Gasteiger partial charge on any atom is 0.273 e. The number of rotatable bonds is 5. The number of halogens is 1. The highest BCUT2D eigenvalue weighted by Crippen LogP contribution is 2.27. The molecule has 9 heteroatoms. The highest BCUT2D eigenvalue weighted by atomic mass is 32.2.